The molecule has 0 radical (unpaired) electrons. The van der Waals surface area contributed by atoms with Gasteiger partial charge in [-0.15, -0.1) is 0 Å². The quantitative estimate of drug-likeness (QED) is 0.448. The van der Waals surface area contributed by atoms with Crippen molar-refractivity contribution in [3.63, 3.8) is 0 Å². The van der Waals surface area contributed by atoms with E-state index in [1.807, 2.05) is 19.0 Å². The molecule has 0 atom stereocenters. The number of nitrogens with zero attached hydrogens (tertiary/aromatic N) is 3. The molecule has 1 amide bonds. The predicted octanol–water partition coefficient (Wildman–Crippen LogP) is 5.25. The molecule has 10 heteroatoms. The molecule has 0 saturated carbocycles. The number of anilines is 1. The van der Waals surface area contributed by atoms with Crippen molar-refractivity contribution in [2.24, 2.45) is 0 Å². The number of hydrogen-bond donors (Lipinski definition) is 0. The highest BCUT2D eigenvalue weighted by Crippen LogP contribution is 2.32. The van der Waals surface area contributed by atoms with E-state index in [1.165, 1.54) is 17.0 Å². The van der Waals surface area contributed by atoms with E-state index in [9.17, 15) is 13.6 Å². The van der Waals surface area contributed by atoms with Crippen LogP contribution in [0.1, 0.15) is 6.42 Å². The summed E-state index contributed by atoms with van der Waals surface area (Å²) in [5.74, 6) is -1.52. The number of aromatic nitrogens is 1. The van der Waals surface area contributed by atoms with Crippen LogP contribution in [0.2, 0.25) is 10.0 Å². The summed E-state index contributed by atoms with van der Waals surface area (Å²) in [6.07, 6.45) is 0.660. The number of benzene rings is 2. The lowest BCUT2D eigenvalue weighted by Crippen LogP contribution is -2.36. The summed E-state index contributed by atoms with van der Waals surface area (Å²) >= 11 is 13.0. The Morgan fingerprint density at radius 2 is 1.93 bits per heavy atom. The van der Waals surface area contributed by atoms with Gasteiger partial charge in [0.05, 0.1) is 9.72 Å². The molecule has 160 valence electrons. The number of ether oxygens (including phenoxy) is 1. The summed E-state index contributed by atoms with van der Waals surface area (Å²) in [5, 5.41) is 1.02. The largest absolute Gasteiger partial charge is 0.482 e. The molecule has 0 aliphatic carbocycles. The first-order valence-electron chi connectivity index (χ1n) is 9.03. The fourth-order valence-corrected chi connectivity index (χ4v) is 4.25. The average molecular weight is 474 g/mol. The third-order valence-corrected chi connectivity index (χ3v) is 5.72. The van der Waals surface area contributed by atoms with Gasteiger partial charge < -0.3 is 9.64 Å². The summed E-state index contributed by atoms with van der Waals surface area (Å²) in [6, 6.07) is 6.67. The highest BCUT2D eigenvalue weighted by Gasteiger charge is 2.22. The van der Waals surface area contributed by atoms with Gasteiger partial charge in [-0.2, -0.15) is 0 Å². The third-order valence-electron chi connectivity index (χ3n) is 4.17. The van der Waals surface area contributed by atoms with Gasteiger partial charge in [0.2, 0.25) is 0 Å². The summed E-state index contributed by atoms with van der Waals surface area (Å²) in [7, 11) is 3.85. The van der Waals surface area contributed by atoms with Crippen molar-refractivity contribution in [1.82, 2.24) is 9.88 Å². The Hall–Kier alpha value is -2.00. The fourth-order valence-electron chi connectivity index (χ4n) is 2.74. The second-order valence-electron chi connectivity index (χ2n) is 6.80. The molecule has 0 saturated heterocycles. The summed E-state index contributed by atoms with van der Waals surface area (Å²) < 4.78 is 33.5. The highest BCUT2D eigenvalue weighted by atomic mass is 35.5. The number of amides is 1. The van der Waals surface area contributed by atoms with Crippen molar-refractivity contribution in [3.05, 3.63) is 52.0 Å². The van der Waals surface area contributed by atoms with E-state index >= 15 is 0 Å². The van der Waals surface area contributed by atoms with Gasteiger partial charge in [-0.1, -0.05) is 34.5 Å². The molecule has 0 aliphatic rings. The molecule has 0 spiro atoms. The van der Waals surface area contributed by atoms with Crippen LogP contribution in [0.5, 0.6) is 5.75 Å². The monoisotopic (exact) mass is 473 g/mol. The number of thiazole rings is 1. The van der Waals surface area contributed by atoms with Crippen LogP contribution in [0.25, 0.3) is 10.2 Å². The molecule has 0 N–H and O–H groups in total. The zero-order valence-corrected chi connectivity index (χ0v) is 18.6. The molecular formula is C20H19Cl2F2N3O2S. The molecule has 1 heterocycles. The standard InChI is InChI=1S/C20H19Cl2F2N3O2S/c1-26(2)6-3-7-27(18(28)11-29-16-5-4-12(21)8-14(16)22)20-25-19-15(24)9-13(23)10-17(19)30-20/h4-5,8-10H,3,6-7,11H2,1-2H3. The van der Waals surface area contributed by atoms with Gasteiger partial charge in [-0.05, 0) is 51.3 Å². The van der Waals surface area contributed by atoms with E-state index in [-0.39, 0.29) is 28.2 Å². The first-order valence-corrected chi connectivity index (χ1v) is 10.6. The zero-order valence-electron chi connectivity index (χ0n) is 16.3. The van der Waals surface area contributed by atoms with Gasteiger partial charge in [0.1, 0.15) is 17.1 Å². The molecular weight excluding hydrogens is 455 g/mol. The lowest BCUT2D eigenvalue weighted by atomic mass is 10.3. The summed E-state index contributed by atoms with van der Waals surface area (Å²) in [5.41, 5.74) is 0.0310. The van der Waals surface area contributed by atoms with Gasteiger partial charge in [-0.3, -0.25) is 9.69 Å². The number of hydrogen-bond acceptors (Lipinski definition) is 5. The molecule has 3 aromatic rings. The van der Waals surface area contributed by atoms with Crippen LogP contribution in [0, 0.1) is 11.6 Å². The number of rotatable bonds is 8. The maximum Gasteiger partial charge on any atom is 0.266 e. The van der Waals surface area contributed by atoms with Crippen molar-refractivity contribution in [3.8, 4) is 5.75 Å². The Labute approximate surface area is 186 Å². The minimum atomic E-state index is -0.766. The van der Waals surface area contributed by atoms with E-state index in [4.69, 9.17) is 27.9 Å². The van der Waals surface area contributed by atoms with Crippen LogP contribution < -0.4 is 9.64 Å². The van der Waals surface area contributed by atoms with Gasteiger partial charge >= 0.3 is 0 Å². The van der Waals surface area contributed by atoms with Crippen LogP contribution >= 0.6 is 34.5 Å². The zero-order chi connectivity index (χ0) is 21.8. The molecule has 0 aliphatic heterocycles. The smallest absolute Gasteiger partial charge is 0.266 e. The van der Waals surface area contributed by atoms with Crippen LogP contribution in [0.4, 0.5) is 13.9 Å². The summed E-state index contributed by atoms with van der Waals surface area (Å²) in [4.78, 5) is 20.6. The first kappa shape index (κ1) is 22.7. The Bertz CT molecular complexity index is 1060. The molecule has 3 rings (SSSR count). The van der Waals surface area contributed by atoms with Crippen LogP contribution in [0.15, 0.2) is 30.3 Å². The van der Waals surface area contributed by atoms with Crippen molar-refractivity contribution >= 4 is 55.8 Å². The average Bonchev–Trinajstić information content (AvgIpc) is 3.08. The van der Waals surface area contributed by atoms with E-state index in [0.717, 1.165) is 23.9 Å². The molecule has 30 heavy (non-hydrogen) atoms. The second-order valence-corrected chi connectivity index (χ2v) is 8.65. The number of fused-ring (bicyclic) bond motifs is 1. The van der Waals surface area contributed by atoms with Crippen LogP contribution in [-0.2, 0) is 4.79 Å². The number of carbonyl (C=O) groups is 1. The predicted molar refractivity (Wildman–Crippen MR) is 117 cm³/mol. The van der Waals surface area contributed by atoms with E-state index in [1.54, 1.807) is 12.1 Å². The van der Waals surface area contributed by atoms with Gasteiger partial charge in [0.15, 0.2) is 17.6 Å². The highest BCUT2D eigenvalue weighted by molar-refractivity contribution is 7.22. The van der Waals surface area contributed by atoms with E-state index in [2.05, 4.69) is 4.98 Å². The minimum absolute atomic E-state index is 0.0310. The molecule has 0 fully saturated rings. The second kappa shape index (κ2) is 9.87. The van der Waals surface area contributed by atoms with Crippen LogP contribution in [-0.4, -0.2) is 49.6 Å². The Morgan fingerprint density at radius 3 is 2.63 bits per heavy atom. The lowest BCUT2D eigenvalue weighted by molar-refractivity contribution is -0.120. The topological polar surface area (TPSA) is 45.7 Å². The molecule has 0 bridgehead atoms. The maximum atomic E-state index is 14.1. The van der Waals surface area contributed by atoms with Crippen molar-refractivity contribution in [2.45, 2.75) is 6.42 Å². The van der Waals surface area contributed by atoms with Gasteiger partial charge in [-0.25, -0.2) is 13.8 Å². The number of halogens is 4. The Kier molecular flexibility index (Phi) is 7.46. The van der Waals surface area contributed by atoms with Crippen molar-refractivity contribution in [2.75, 3.05) is 38.7 Å². The fraction of sp³-hybridized carbons (Fsp3) is 0.300. The first-order chi connectivity index (χ1) is 14.2. The third kappa shape index (κ3) is 5.57. The SMILES string of the molecule is CN(C)CCCN(C(=O)COc1ccc(Cl)cc1Cl)c1nc2c(F)cc(F)cc2s1. The maximum absolute atomic E-state index is 14.1. The Morgan fingerprint density at radius 1 is 1.17 bits per heavy atom. The Balaban J connectivity index is 1.82. The molecule has 5 nitrogen and oxygen atoms in total. The number of carbonyl (C=O) groups excluding carboxylic acids is 1. The molecule has 1 aromatic heterocycles. The van der Waals surface area contributed by atoms with Crippen molar-refractivity contribution in [1.29, 1.82) is 0 Å². The lowest BCUT2D eigenvalue weighted by Gasteiger charge is -2.21. The van der Waals surface area contributed by atoms with E-state index in [0.29, 0.717) is 28.4 Å². The van der Waals surface area contributed by atoms with E-state index < -0.39 is 11.6 Å². The minimum Gasteiger partial charge on any atom is -0.482 e. The normalized spacial score (nSPS) is 11.3. The van der Waals surface area contributed by atoms with Crippen LogP contribution in [0.3, 0.4) is 0 Å². The van der Waals surface area contributed by atoms with Crippen molar-refractivity contribution < 1.29 is 18.3 Å². The van der Waals surface area contributed by atoms with Gasteiger partial charge in [0.25, 0.3) is 5.91 Å². The summed E-state index contributed by atoms with van der Waals surface area (Å²) in [6.45, 7) is 0.788. The molecule has 0 unspecified atom stereocenters. The molecule has 2 aromatic carbocycles. The van der Waals surface area contributed by atoms with Gasteiger partial charge in [0, 0.05) is 17.6 Å².